The SMILES string of the molecule is CCOc1ccc([C@H]2C(C(=O)OC(C)C)=C(C)N=c3s/c(=C/c4ccc(O)c(Br)c4)c(=O)n32)cc1. The number of nitrogens with zero attached hydrogens (tertiary/aromatic N) is 2. The molecule has 0 fully saturated rings. The summed E-state index contributed by atoms with van der Waals surface area (Å²) in [4.78, 5) is 31.9. The first-order chi connectivity index (χ1) is 16.7. The summed E-state index contributed by atoms with van der Waals surface area (Å²) in [6.45, 7) is 7.76. The summed E-state index contributed by atoms with van der Waals surface area (Å²) in [5.74, 6) is 0.313. The van der Waals surface area contributed by atoms with Crippen LogP contribution in [0.1, 0.15) is 44.9 Å². The van der Waals surface area contributed by atoms with Gasteiger partial charge >= 0.3 is 5.97 Å². The van der Waals surface area contributed by atoms with Crippen LogP contribution in [0.3, 0.4) is 0 Å². The molecular weight excluding hydrogens is 532 g/mol. The van der Waals surface area contributed by atoms with Gasteiger partial charge in [0.25, 0.3) is 5.56 Å². The van der Waals surface area contributed by atoms with Gasteiger partial charge in [0.1, 0.15) is 11.5 Å². The van der Waals surface area contributed by atoms with Gasteiger partial charge in [-0.1, -0.05) is 29.5 Å². The quantitative estimate of drug-likeness (QED) is 0.462. The van der Waals surface area contributed by atoms with E-state index in [9.17, 15) is 14.7 Å². The fourth-order valence-electron chi connectivity index (χ4n) is 3.85. The van der Waals surface area contributed by atoms with Crippen molar-refractivity contribution in [2.75, 3.05) is 6.61 Å². The highest BCUT2D eigenvalue weighted by Gasteiger charge is 2.33. The molecule has 0 spiro atoms. The van der Waals surface area contributed by atoms with Gasteiger partial charge in [-0.25, -0.2) is 9.79 Å². The van der Waals surface area contributed by atoms with Crippen molar-refractivity contribution < 1.29 is 19.4 Å². The first kappa shape index (κ1) is 24.9. The lowest BCUT2D eigenvalue weighted by molar-refractivity contribution is -0.143. The highest BCUT2D eigenvalue weighted by molar-refractivity contribution is 9.10. The number of rotatable bonds is 6. The number of carbonyl (C=O) groups is 1. The molecule has 0 bridgehead atoms. The number of hydrogen-bond donors (Lipinski definition) is 1. The molecule has 35 heavy (non-hydrogen) atoms. The maximum absolute atomic E-state index is 13.6. The Kier molecular flexibility index (Phi) is 7.28. The minimum atomic E-state index is -0.693. The predicted molar refractivity (Wildman–Crippen MR) is 138 cm³/mol. The molecule has 0 radical (unpaired) electrons. The monoisotopic (exact) mass is 556 g/mol. The molecule has 1 aliphatic rings. The maximum atomic E-state index is 13.6. The Bertz CT molecular complexity index is 1490. The maximum Gasteiger partial charge on any atom is 0.338 e. The Labute approximate surface area is 214 Å². The van der Waals surface area contributed by atoms with Crippen LogP contribution in [0.15, 0.2) is 68.0 Å². The van der Waals surface area contributed by atoms with Crippen molar-refractivity contribution in [3.8, 4) is 11.5 Å². The number of allylic oxidation sites excluding steroid dienone is 1. The van der Waals surface area contributed by atoms with E-state index in [0.717, 1.165) is 11.1 Å². The molecule has 2 heterocycles. The van der Waals surface area contributed by atoms with Crippen molar-refractivity contribution in [1.29, 1.82) is 0 Å². The van der Waals surface area contributed by atoms with Crippen molar-refractivity contribution in [3.63, 3.8) is 0 Å². The van der Waals surface area contributed by atoms with Crippen LogP contribution in [0.2, 0.25) is 0 Å². The zero-order valence-corrected chi connectivity index (χ0v) is 22.1. The third-order valence-electron chi connectivity index (χ3n) is 5.36. The second-order valence-corrected chi connectivity index (χ2v) is 10.1. The van der Waals surface area contributed by atoms with Gasteiger partial charge in [-0.05, 0) is 85.1 Å². The number of carbonyl (C=O) groups excluding carboxylic acids is 1. The second kappa shape index (κ2) is 10.2. The summed E-state index contributed by atoms with van der Waals surface area (Å²) in [5.41, 5.74) is 2.06. The molecule has 0 amide bonds. The van der Waals surface area contributed by atoms with Crippen molar-refractivity contribution in [2.45, 2.75) is 39.8 Å². The first-order valence-electron chi connectivity index (χ1n) is 11.1. The highest BCUT2D eigenvalue weighted by atomic mass is 79.9. The van der Waals surface area contributed by atoms with Crippen LogP contribution in [0, 0.1) is 0 Å². The minimum Gasteiger partial charge on any atom is -0.507 e. The van der Waals surface area contributed by atoms with E-state index in [0.29, 0.717) is 37.4 Å². The van der Waals surface area contributed by atoms with Crippen molar-refractivity contribution in [3.05, 3.63) is 89.0 Å². The number of halogens is 1. The largest absolute Gasteiger partial charge is 0.507 e. The van der Waals surface area contributed by atoms with Crippen molar-refractivity contribution >= 4 is 39.3 Å². The lowest BCUT2D eigenvalue weighted by Crippen LogP contribution is -2.40. The highest BCUT2D eigenvalue weighted by Crippen LogP contribution is 2.32. The third-order valence-corrected chi connectivity index (χ3v) is 6.98. The number of benzene rings is 2. The normalized spacial score (nSPS) is 15.7. The molecule has 1 atom stereocenters. The summed E-state index contributed by atoms with van der Waals surface area (Å²) >= 11 is 4.55. The van der Waals surface area contributed by atoms with E-state index < -0.39 is 12.0 Å². The third kappa shape index (κ3) is 5.11. The molecule has 4 rings (SSSR count). The number of phenols is 1. The minimum absolute atomic E-state index is 0.114. The Morgan fingerprint density at radius 2 is 1.97 bits per heavy atom. The molecule has 0 saturated heterocycles. The zero-order valence-electron chi connectivity index (χ0n) is 19.7. The second-order valence-electron chi connectivity index (χ2n) is 8.25. The molecule has 2 aromatic carbocycles. The average Bonchev–Trinajstić information content (AvgIpc) is 3.10. The zero-order chi connectivity index (χ0) is 25.3. The molecule has 9 heteroatoms. The fourth-order valence-corrected chi connectivity index (χ4v) is 5.30. The van der Waals surface area contributed by atoms with E-state index in [-0.39, 0.29) is 17.4 Å². The van der Waals surface area contributed by atoms with Crippen molar-refractivity contribution in [2.24, 2.45) is 4.99 Å². The first-order valence-corrected chi connectivity index (χ1v) is 12.7. The van der Waals surface area contributed by atoms with Crippen LogP contribution in [-0.4, -0.2) is 28.4 Å². The number of phenolic OH excluding ortho intramolecular Hbond substituents is 1. The van der Waals surface area contributed by atoms with Crippen LogP contribution in [0.25, 0.3) is 6.08 Å². The fraction of sp³-hybridized carbons (Fsp3) is 0.269. The molecule has 1 aliphatic heterocycles. The van der Waals surface area contributed by atoms with Gasteiger partial charge in [0.05, 0.1) is 39.0 Å². The molecule has 0 saturated carbocycles. The number of thiazole rings is 1. The van der Waals surface area contributed by atoms with Crippen LogP contribution in [-0.2, 0) is 9.53 Å². The smallest absolute Gasteiger partial charge is 0.338 e. The van der Waals surface area contributed by atoms with Crippen LogP contribution < -0.4 is 19.6 Å². The number of ether oxygens (including phenoxy) is 2. The van der Waals surface area contributed by atoms with Crippen molar-refractivity contribution in [1.82, 2.24) is 4.57 Å². The van der Waals surface area contributed by atoms with E-state index in [1.807, 2.05) is 31.2 Å². The molecule has 7 nitrogen and oxygen atoms in total. The predicted octanol–water partition coefficient (Wildman–Crippen LogP) is 4.05. The Hall–Kier alpha value is -3.17. The van der Waals surface area contributed by atoms with E-state index in [1.54, 1.807) is 49.6 Å². The summed E-state index contributed by atoms with van der Waals surface area (Å²) in [7, 11) is 0. The summed E-state index contributed by atoms with van der Waals surface area (Å²) in [6.07, 6.45) is 1.43. The Balaban J connectivity index is 1.91. The number of aromatic nitrogens is 1. The Morgan fingerprint density at radius 3 is 2.60 bits per heavy atom. The van der Waals surface area contributed by atoms with Gasteiger partial charge in [0, 0.05) is 0 Å². The summed E-state index contributed by atoms with van der Waals surface area (Å²) < 4.78 is 13.6. The molecule has 0 aliphatic carbocycles. The number of aromatic hydroxyl groups is 1. The number of fused-ring (bicyclic) bond motifs is 1. The Morgan fingerprint density at radius 1 is 1.26 bits per heavy atom. The van der Waals surface area contributed by atoms with Crippen LogP contribution in [0.4, 0.5) is 0 Å². The molecule has 3 aromatic rings. The topological polar surface area (TPSA) is 90.1 Å². The molecular formula is C26H25BrN2O5S. The van der Waals surface area contributed by atoms with E-state index in [1.165, 1.54) is 11.3 Å². The van der Waals surface area contributed by atoms with Crippen LogP contribution >= 0.6 is 27.3 Å². The van der Waals surface area contributed by atoms with Gasteiger partial charge < -0.3 is 14.6 Å². The lowest BCUT2D eigenvalue weighted by atomic mass is 9.96. The standard InChI is InChI=1S/C26H25BrN2O5S/c1-5-33-18-9-7-17(8-10-18)23-22(25(32)34-14(2)3)15(4)28-26-29(23)24(31)21(35-26)13-16-6-11-20(30)19(27)12-16/h6-14,23,30H,5H2,1-4H3/b21-13+/t23-/m0/s1. The number of hydrogen-bond acceptors (Lipinski definition) is 7. The molecule has 1 aromatic heterocycles. The average molecular weight is 557 g/mol. The van der Waals surface area contributed by atoms with Crippen LogP contribution in [0.5, 0.6) is 11.5 Å². The molecule has 1 N–H and O–H groups in total. The van der Waals surface area contributed by atoms with Gasteiger partial charge in [0.2, 0.25) is 0 Å². The van der Waals surface area contributed by atoms with Gasteiger partial charge in [-0.3, -0.25) is 9.36 Å². The van der Waals surface area contributed by atoms with E-state index >= 15 is 0 Å². The van der Waals surface area contributed by atoms with Gasteiger partial charge in [-0.2, -0.15) is 0 Å². The lowest BCUT2D eigenvalue weighted by Gasteiger charge is -2.25. The van der Waals surface area contributed by atoms with E-state index in [2.05, 4.69) is 20.9 Å². The molecule has 0 unspecified atom stereocenters. The van der Waals surface area contributed by atoms with E-state index in [4.69, 9.17) is 9.47 Å². The van der Waals surface area contributed by atoms with Gasteiger partial charge in [0.15, 0.2) is 4.80 Å². The molecule has 182 valence electrons. The summed E-state index contributed by atoms with van der Waals surface area (Å²) in [5, 5.41) is 9.79. The summed E-state index contributed by atoms with van der Waals surface area (Å²) in [6, 6.07) is 11.7. The number of esters is 1. The van der Waals surface area contributed by atoms with Gasteiger partial charge in [-0.15, -0.1) is 0 Å².